The van der Waals surface area contributed by atoms with E-state index in [1.54, 1.807) is 6.07 Å². The standard InChI is InChI=1S/C28H32BrN5O2S/c1-19(2)14-21-8-11-25(37(35,36)33-27-31-16-23(29)17-32-27)24(15-21)22-9-6-20(7-10-22)18-34-13-12-30-26(34)28(3,4)5/h6-13,15-17,19H,14,18H2,1-5H3,(H,31,32,33). The molecule has 0 fully saturated rings. The Morgan fingerprint density at radius 1 is 0.973 bits per heavy atom. The van der Waals surface area contributed by atoms with Gasteiger partial charge in [-0.25, -0.2) is 28.1 Å². The molecule has 2 aromatic carbocycles. The molecule has 9 heteroatoms. The Hall–Kier alpha value is -3.04. The average Bonchev–Trinajstić information content (AvgIpc) is 3.29. The van der Waals surface area contributed by atoms with Gasteiger partial charge in [0.1, 0.15) is 5.82 Å². The Balaban J connectivity index is 1.69. The van der Waals surface area contributed by atoms with Crippen molar-refractivity contribution in [3.8, 4) is 11.1 Å². The third-order valence-corrected chi connectivity index (χ3v) is 7.62. The van der Waals surface area contributed by atoms with Gasteiger partial charge in [0.2, 0.25) is 5.95 Å². The molecule has 0 aliphatic carbocycles. The second kappa shape index (κ2) is 10.8. The minimum atomic E-state index is -3.93. The number of sulfonamides is 1. The van der Waals surface area contributed by atoms with Crippen LogP contribution in [0.15, 0.2) is 76.6 Å². The van der Waals surface area contributed by atoms with Crippen LogP contribution < -0.4 is 4.72 Å². The van der Waals surface area contributed by atoms with E-state index in [9.17, 15) is 8.42 Å². The van der Waals surface area contributed by atoms with Gasteiger partial charge in [-0.3, -0.25) is 0 Å². The number of hydrogen-bond acceptors (Lipinski definition) is 5. The summed E-state index contributed by atoms with van der Waals surface area (Å²) in [5.41, 5.74) is 3.60. The van der Waals surface area contributed by atoms with Crippen molar-refractivity contribution in [2.45, 2.75) is 57.9 Å². The number of anilines is 1. The maximum Gasteiger partial charge on any atom is 0.264 e. The fraction of sp³-hybridized carbons (Fsp3) is 0.321. The van der Waals surface area contributed by atoms with Crippen molar-refractivity contribution >= 4 is 31.9 Å². The normalized spacial score (nSPS) is 12.2. The molecule has 4 rings (SSSR count). The molecule has 0 bridgehead atoms. The first-order valence-electron chi connectivity index (χ1n) is 12.2. The van der Waals surface area contributed by atoms with Crippen molar-refractivity contribution in [1.82, 2.24) is 19.5 Å². The molecule has 0 unspecified atom stereocenters. The van der Waals surface area contributed by atoms with Crippen LogP contribution in [-0.4, -0.2) is 27.9 Å². The van der Waals surface area contributed by atoms with Gasteiger partial charge in [-0.2, -0.15) is 0 Å². The lowest BCUT2D eigenvalue weighted by molar-refractivity contribution is 0.511. The van der Waals surface area contributed by atoms with E-state index in [0.717, 1.165) is 28.9 Å². The van der Waals surface area contributed by atoms with E-state index in [4.69, 9.17) is 0 Å². The maximum atomic E-state index is 13.4. The molecule has 4 aromatic rings. The second-order valence-corrected chi connectivity index (χ2v) is 13.2. The zero-order valence-electron chi connectivity index (χ0n) is 21.7. The molecule has 194 valence electrons. The molecule has 0 amide bonds. The number of imidazole rings is 1. The quantitative estimate of drug-likeness (QED) is 0.258. The van der Waals surface area contributed by atoms with Gasteiger partial charge in [-0.05, 0) is 57.1 Å². The van der Waals surface area contributed by atoms with Gasteiger partial charge in [0.15, 0.2) is 0 Å². The minimum Gasteiger partial charge on any atom is -0.330 e. The van der Waals surface area contributed by atoms with E-state index in [1.165, 1.54) is 12.4 Å². The number of hydrogen-bond donors (Lipinski definition) is 1. The highest BCUT2D eigenvalue weighted by Gasteiger charge is 2.22. The molecule has 0 aliphatic rings. The summed E-state index contributed by atoms with van der Waals surface area (Å²) < 4.78 is 32.1. The van der Waals surface area contributed by atoms with Crippen molar-refractivity contribution in [2.75, 3.05) is 4.72 Å². The molecule has 7 nitrogen and oxygen atoms in total. The molecular weight excluding hydrogens is 550 g/mol. The number of nitrogens with zero attached hydrogens (tertiary/aromatic N) is 4. The maximum absolute atomic E-state index is 13.4. The van der Waals surface area contributed by atoms with Gasteiger partial charge in [0.05, 0.1) is 9.37 Å². The summed E-state index contributed by atoms with van der Waals surface area (Å²) in [4.78, 5) is 12.8. The summed E-state index contributed by atoms with van der Waals surface area (Å²) >= 11 is 3.27. The van der Waals surface area contributed by atoms with E-state index in [0.29, 0.717) is 22.5 Å². The Kier molecular flexibility index (Phi) is 7.85. The molecule has 0 saturated carbocycles. The van der Waals surface area contributed by atoms with E-state index >= 15 is 0 Å². The lowest BCUT2D eigenvalue weighted by Gasteiger charge is -2.20. The largest absolute Gasteiger partial charge is 0.330 e. The molecule has 1 N–H and O–H groups in total. The highest BCUT2D eigenvalue weighted by atomic mass is 79.9. The van der Waals surface area contributed by atoms with Gasteiger partial charge in [-0.15, -0.1) is 0 Å². The van der Waals surface area contributed by atoms with Gasteiger partial charge in [0, 0.05) is 42.3 Å². The monoisotopic (exact) mass is 581 g/mol. The van der Waals surface area contributed by atoms with Crippen LogP contribution in [0, 0.1) is 5.92 Å². The lowest BCUT2D eigenvalue weighted by atomic mass is 9.95. The zero-order chi connectivity index (χ0) is 26.8. The van der Waals surface area contributed by atoms with Crippen LogP contribution in [0.3, 0.4) is 0 Å². The highest BCUT2D eigenvalue weighted by Crippen LogP contribution is 2.31. The predicted octanol–water partition coefficient (Wildman–Crippen LogP) is 6.45. The van der Waals surface area contributed by atoms with Crippen LogP contribution >= 0.6 is 15.9 Å². The highest BCUT2D eigenvalue weighted by molar-refractivity contribution is 9.10. The topological polar surface area (TPSA) is 89.8 Å². The van der Waals surface area contributed by atoms with Crippen molar-refractivity contribution in [1.29, 1.82) is 0 Å². The molecule has 2 aromatic heterocycles. The number of aromatic nitrogens is 4. The molecule has 37 heavy (non-hydrogen) atoms. The van der Waals surface area contributed by atoms with Crippen LogP contribution in [0.2, 0.25) is 0 Å². The Morgan fingerprint density at radius 2 is 1.62 bits per heavy atom. The second-order valence-electron chi connectivity index (χ2n) is 10.6. The van der Waals surface area contributed by atoms with Crippen LogP contribution in [0.4, 0.5) is 5.95 Å². The first kappa shape index (κ1) is 27.0. The molecule has 0 aliphatic heterocycles. The molecule has 0 spiro atoms. The first-order valence-corrected chi connectivity index (χ1v) is 14.4. The summed E-state index contributed by atoms with van der Waals surface area (Å²) in [5, 5.41) is 0. The number of nitrogens with one attached hydrogen (secondary N) is 1. The molecular formula is C28H32BrN5O2S. The van der Waals surface area contributed by atoms with Gasteiger partial charge in [-0.1, -0.05) is 65.0 Å². The smallest absolute Gasteiger partial charge is 0.264 e. The van der Waals surface area contributed by atoms with Crippen molar-refractivity contribution < 1.29 is 8.42 Å². The van der Waals surface area contributed by atoms with Crippen molar-refractivity contribution in [3.05, 3.63) is 88.7 Å². The third-order valence-electron chi connectivity index (χ3n) is 5.83. The van der Waals surface area contributed by atoms with Crippen LogP contribution in [0.25, 0.3) is 11.1 Å². The SMILES string of the molecule is CC(C)Cc1ccc(S(=O)(=O)Nc2ncc(Br)cn2)c(-c2ccc(Cn3ccnc3C(C)(C)C)cc2)c1. The number of halogens is 1. The van der Waals surface area contributed by atoms with Gasteiger partial charge >= 0.3 is 0 Å². The van der Waals surface area contributed by atoms with E-state index < -0.39 is 10.0 Å². The van der Waals surface area contributed by atoms with E-state index in [2.05, 4.69) is 74.8 Å². The van der Waals surface area contributed by atoms with E-state index in [1.807, 2.05) is 48.8 Å². The fourth-order valence-electron chi connectivity index (χ4n) is 4.24. The lowest BCUT2D eigenvalue weighted by Crippen LogP contribution is -2.19. The van der Waals surface area contributed by atoms with Crippen LogP contribution in [0.1, 0.15) is 51.6 Å². The summed E-state index contributed by atoms with van der Waals surface area (Å²) in [7, 11) is -3.93. The van der Waals surface area contributed by atoms with E-state index in [-0.39, 0.29) is 16.3 Å². The van der Waals surface area contributed by atoms with Crippen LogP contribution in [0.5, 0.6) is 0 Å². The summed E-state index contributed by atoms with van der Waals surface area (Å²) in [6, 6.07) is 13.6. The third kappa shape index (κ3) is 6.64. The molecule has 0 saturated heterocycles. The van der Waals surface area contributed by atoms with Crippen molar-refractivity contribution in [3.63, 3.8) is 0 Å². The number of rotatable bonds is 8. The first-order chi connectivity index (χ1) is 17.4. The molecule has 0 atom stereocenters. The predicted molar refractivity (Wildman–Crippen MR) is 151 cm³/mol. The Labute approximate surface area is 227 Å². The molecule has 0 radical (unpaired) electrons. The Morgan fingerprint density at radius 3 is 2.24 bits per heavy atom. The van der Waals surface area contributed by atoms with Crippen LogP contribution in [-0.2, 0) is 28.4 Å². The van der Waals surface area contributed by atoms with Crippen molar-refractivity contribution in [2.24, 2.45) is 5.92 Å². The average molecular weight is 583 g/mol. The summed E-state index contributed by atoms with van der Waals surface area (Å²) in [6.45, 7) is 11.4. The van der Waals surface area contributed by atoms with Gasteiger partial charge < -0.3 is 4.57 Å². The Bertz CT molecular complexity index is 1470. The minimum absolute atomic E-state index is 0.0192. The number of benzene rings is 2. The summed E-state index contributed by atoms with van der Waals surface area (Å²) in [5.74, 6) is 1.48. The fourth-order valence-corrected chi connectivity index (χ4v) is 5.62. The van der Waals surface area contributed by atoms with Gasteiger partial charge in [0.25, 0.3) is 10.0 Å². The summed E-state index contributed by atoms with van der Waals surface area (Å²) in [6.07, 6.45) is 7.67. The zero-order valence-corrected chi connectivity index (χ0v) is 24.1. The molecule has 2 heterocycles.